The van der Waals surface area contributed by atoms with E-state index >= 15 is 0 Å². The molecule has 3 heterocycles. The zero-order valence-corrected chi connectivity index (χ0v) is 19.0. The predicted molar refractivity (Wildman–Crippen MR) is 119 cm³/mol. The molecule has 9 heteroatoms. The third kappa shape index (κ3) is 4.04. The zero-order chi connectivity index (χ0) is 21.1. The molecule has 1 aromatic carbocycles. The smallest absolute Gasteiger partial charge is 0.305 e. The first-order chi connectivity index (χ1) is 14.6. The Morgan fingerprint density at radius 1 is 1.27 bits per heavy atom. The molecule has 0 radical (unpaired) electrons. The average Bonchev–Trinajstić information content (AvgIpc) is 3.12. The minimum atomic E-state index is -0.356. The zero-order valence-electron chi connectivity index (χ0n) is 16.6. The molecule has 1 aliphatic rings. The van der Waals surface area contributed by atoms with Gasteiger partial charge in [-0.05, 0) is 42.5 Å². The lowest BCUT2D eigenvalue weighted by atomic mass is 10.0. The lowest BCUT2D eigenvalue weighted by molar-refractivity contribution is -0.140. The van der Waals surface area contributed by atoms with Gasteiger partial charge < -0.3 is 4.74 Å². The van der Waals surface area contributed by atoms with Crippen molar-refractivity contribution in [2.75, 3.05) is 12.9 Å². The molecule has 0 spiro atoms. The highest BCUT2D eigenvalue weighted by Crippen LogP contribution is 2.36. The van der Waals surface area contributed by atoms with E-state index in [1.54, 1.807) is 18.0 Å². The van der Waals surface area contributed by atoms with E-state index in [2.05, 4.69) is 42.6 Å². The summed E-state index contributed by atoms with van der Waals surface area (Å²) in [6.45, 7) is 2.08. The number of hydrogen-bond donors (Lipinski definition) is 0. The minimum Gasteiger partial charge on any atom is -0.469 e. The first-order valence-corrected chi connectivity index (χ1v) is 11.3. The lowest BCUT2D eigenvalue weighted by Crippen LogP contribution is -2.09. The molecule has 3 aromatic rings. The number of fused-ring (bicyclic) bond motifs is 3. The Morgan fingerprint density at radius 2 is 2.13 bits per heavy atom. The molecule has 30 heavy (non-hydrogen) atoms. The molecule has 0 fully saturated rings. The van der Waals surface area contributed by atoms with Gasteiger partial charge in [0.15, 0.2) is 11.0 Å². The number of carbonyl (C=O) groups is 1. The number of halogens is 1. The van der Waals surface area contributed by atoms with Crippen molar-refractivity contribution in [2.24, 2.45) is 4.99 Å². The number of thioether (sulfide) groups is 1. The number of rotatable bonds is 6. The van der Waals surface area contributed by atoms with E-state index in [-0.39, 0.29) is 18.4 Å². The van der Waals surface area contributed by atoms with Gasteiger partial charge in [-0.15, -0.1) is 10.2 Å². The fourth-order valence-electron chi connectivity index (χ4n) is 3.38. The Bertz CT molecular complexity index is 1100. The van der Waals surface area contributed by atoms with Crippen LogP contribution in [0.2, 0.25) is 0 Å². The second-order valence-corrected chi connectivity index (χ2v) is 8.74. The Morgan fingerprint density at radius 3 is 2.87 bits per heavy atom. The van der Waals surface area contributed by atoms with Crippen LogP contribution in [0.25, 0.3) is 5.69 Å². The number of benzene rings is 1. The minimum absolute atomic E-state index is 0.239. The van der Waals surface area contributed by atoms with Gasteiger partial charge in [0.1, 0.15) is 6.04 Å². The maximum atomic E-state index is 11.8. The summed E-state index contributed by atoms with van der Waals surface area (Å²) in [7, 11) is 1.39. The van der Waals surface area contributed by atoms with Crippen LogP contribution in [0, 0.1) is 0 Å². The van der Waals surface area contributed by atoms with Crippen LogP contribution in [0.4, 0.5) is 0 Å². The summed E-state index contributed by atoms with van der Waals surface area (Å²) in [6, 6.07) is 11.5. The molecule has 0 saturated carbocycles. The van der Waals surface area contributed by atoms with Crippen molar-refractivity contribution < 1.29 is 9.53 Å². The molecule has 1 atom stereocenters. The molecular formula is C21H20BrN5O2S. The first-order valence-electron chi connectivity index (χ1n) is 9.56. The Hall–Kier alpha value is -2.52. The number of carbonyl (C=O) groups excluding carboxylic acids is 1. The fraction of sp³-hybridized carbons (Fsp3) is 0.286. The quantitative estimate of drug-likeness (QED) is 0.380. The van der Waals surface area contributed by atoms with Crippen molar-refractivity contribution in [3.05, 3.63) is 64.1 Å². The van der Waals surface area contributed by atoms with E-state index in [0.29, 0.717) is 12.2 Å². The van der Waals surface area contributed by atoms with Gasteiger partial charge in [0.2, 0.25) is 0 Å². The van der Waals surface area contributed by atoms with Gasteiger partial charge in [-0.1, -0.05) is 40.7 Å². The number of methoxy groups -OCH3 is 1. The average molecular weight is 486 g/mol. The standard InChI is InChI=1S/C21H20BrN5O2S/c1-3-30-21-26-25-20-16(8-10-18(28)29-2)24-19(15-6-4-5-11-23-15)14-12-13(22)7-9-17(14)27(20)21/h4-7,9,11-12,16H,3,8,10H2,1-2H3/t16-/m0/s1. The van der Waals surface area contributed by atoms with Crippen molar-refractivity contribution in [1.29, 1.82) is 0 Å². The monoisotopic (exact) mass is 485 g/mol. The maximum Gasteiger partial charge on any atom is 0.305 e. The molecule has 0 unspecified atom stereocenters. The van der Waals surface area contributed by atoms with Crippen molar-refractivity contribution in [2.45, 2.75) is 31.0 Å². The highest BCUT2D eigenvalue weighted by atomic mass is 79.9. The van der Waals surface area contributed by atoms with Crippen molar-refractivity contribution in [1.82, 2.24) is 19.7 Å². The molecule has 4 rings (SSSR count). The van der Waals surface area contributed by atoms with E-state index in [1.165, 1.54) is 7.11 Å². The second kappa shape index (κ2) is 9.09. The van der Waals surface area contributed by atoms with Crippen LogP contribution in [-0.2, 0) is 9.53 Å². The molecule has 0 N–H and O–H groups in total. The molecule has 0 amide bonds. The molecule has 0 bridgehead atoms. The van der Waals surface area contributed by atoms with Gasteiger partial charge in [0.25, 0.3) is 0 Å². The van der Waals surface area contributed by atoms with Crippen molar-refractivity contribution in [3.8, 4) is 5.69 Å². The summed E-state index contributed by atoms with van der Waals surface area (Å²) in [6.07, 6.45) is 2.46. The normalized spacial score (nSPS) is 15.0. The molecular weight excluding hydrogens is 466 g/mol. The number of nitrogens with zero attached hydrogens (tertiary/aromatic N) is 5. The van der Waals surface area contributed by atoms with E-state index in [4.69, 9.17) is 9.73 Å². The van der Waals surface area contributed by atoms with E-state index in [1.807, 2.05) is 36.4 Å². The fourth-order valence-corrected chi connectivity index (χ4v) is 4.42. The third-order valence-electron chi connectivity index (χ3n) is 4.73. The molecule has 0 aliphatic carbocycles. The van der Waals surface area contributed by atoms with E-state index < -0.39 is 0 Å². The number of aliphatic imine (C=N–C) groups is 1. The van der Waals surface area contributed by atoms with Crippen LogP contribution < -0.4 is 0 Å². The summed E-state index contributed by atoms with van der Waals surface area (Å²) < 4.78 is 7.84. The molecule has 1 aliphatic heterocycles. The summed E-state index contributed by atoms with van der Waals surface area (Å²) in [5.74, 6) is 1.30. The number of esters is 1. The van der Waals surface area contributed by atoms with Gasteiger partial charge in [0.05, 0.1) is 24.2 Å². The van der Waals surface area contributed by atoms with Crippen molar-refractivity contribution >= 4 is 39.4 Å². The van der Waals surface area contributed by atoms with Gasteiger partial charge >= 0.3 is 5.97 Å². The Labute approximate surface area is 187 Å². The van der Waals surface area contributed by atoms with Crippen LogP contribution in [0.3, 0.4) is 0 Å². The van der Waals surface area contributed by atoms with Gasteiger partial charge in [0, 0.05) is 22.7 Å². The predicted octanol–water partition coefficient (Wildman–Crippen LogP) is 4.38. The summed E-state index contributed by atoms with van der Waals surface area (Å²) in [5, 5.41) is 9.68. The summed E-state index contributed by atoms with van der Waals surface area (Å²) >= 11 is 5.21. The van der Waals surface area contributed by atoms with E-state index in [0.717, 1.165) is 38.0 Å². The van der Waals surface area contributed by atoms with Crippen molar-refractivity contribution in [3.63, 3.8) is 0 Å². The maximum absolute atomic E-state index is 11.8. The first kappa shape index (κ1) is 20.7. The Balaban J connectivity index is 1.93. The SMILES string of the molecule is CCSc1nnc2n1-c1ccc(Br)cc1C(c1ccccn1)=N[C@H]2CCC(=O)OC. The topological polar surface area (TPSA) is 82.3 Å². The van der Waals surface area contributed by atoms with Crippen LogP contribution in [-0.4, -0.2) is 44.3 Å². The molecule has 154 valence electrons. The lowest BCUT2D eigenvalue weighted by Gasteiger charge is -2.13. The van der Waals surface area contributed by atoms with Crippen LogP contribution in [0.15, 0.2) is 57.2 Å². The van der Waals surface area contributed by atoms with Gasteiger partial charge in [-0.2, -0.15) is 0 Å². The highest BCUT2D eigenvalue weighted by molar-refractivity contribution is 9.10. The Kier molecular flexibility index (Phi) is 6.29. The number of ether oxygens (including phenoxy) is 1. The van der Waals surface area contributed by atoms with Crippen LogP contribution in [0.5, 0.6) is 0 Å². The molecule has 7 nitrogen and oxygen atoms in total. The summed E-state index contributed by atoms with van der Waals surface area (Å²) in [5.41, 5.74) is 3.41. The largest absolute Gasteiger partial charge is 0.469 e. The molecule has 0 saturated heterocycles. The summed E-state index contributed by atoms with van der Waals surface area (Å²) in [4.78, 5) is 21.4. The van der Waals surface area contributed by atoms with E-state index in [9.17, 15) is 4.79 Å². The van der Waals surface area contributed by atoms with Gasteiger partial charge in [-0.3, -0.25) is 19.3 Å². The number of hydrogen-bond acceptors (Lipinski definition) is 7. The van der Waals surface area contributed by atoms with Gasteiger partial charge in [-0.25, -0.2) is 0 Å². The molecule has 2 aromatic heterocycles. The second-order valence-electron chi connectivity index (χ2n) is 6.59. The van der Waals surface area contributed by atoms with Crippen LogP contribution in [0.1, 0.15) is 42.9 Å². The number of pyridine rings is 1. The third-order valence-corrected chi connectivity index (χ3v) is 6.03. The number of aromatic nitrogens is 4. The highest BCUT2D eigenvalue weighted by Gasteiger charge is 2.30. The van der Waals surface area contributed by atoms with Crippen LogP contribution >= 0.6 is 27.7 Å².